The highest BCUT2D eigenvalue weighted by molar-refractivity contribution is 7.71. The number of nitrogens with one attached hydrogen (secondary N) is 1. The van der Waals surface area contributed by atoms with Gasteiger partial charge in [-0.3, -0.25) is 14.5 Å². The molecule has 5 nitrogen and oxygen atoms in total. The minimum Gasteiger partial charge on any atom is -0.312 e. The lowest BCUT2D eigenvalue weighted by molar-refractivity contribution is 0.510. The first-order valence-corrected chi connectivity index (χ1v) is 7.73. The summed E-state index contributed by atoms with van der Waals surface area (Å²) in [5.74, 6) is 1.05. The van der Waals surface area contributed by atoms with Crippen LogP contribution in [0.2, 0.25) is 0 Å². The first-order valence-electron chi connectivity index (χ1n) is 7.32. The molecule has 0 spiro atoms. The van der Waals surface area contributed by atoms with Gasteiger partial charge in [0.15, 0.2) is 10.6 Å². The number of pyridine rings is 1. The molecule has 2 aromatic rings. The first-order chi connectivity index (χ1) is 9.95. The summed E-state index contributed by atoms with van der Waals surface area (Å²) in [5, 5.41) is 7.06. The monoisotopic (exact) mass is 306 g/mol. The number of nitrogens with zero attached hydrogens (tertiary/aromatic N) is 3. The molecule has 114 valence electrons. The fraction of sp³-hybridized carbons (Fsp3) is 0.533. The van der Waals surface area contributed by atoms with Crippen LogP contribution < -0.4 is 5.56 Å². The number of hydrogen-bond donors (Lipinski definition) is 1. The summed E-state index contributed by atoms with van der Waals surface area (Å²) < 4.78 is 4.21. The molecule has 0 radical (unpaired) electrons. The number of rotatable bonds is 5. The molecule has 0 saturated heterocycles. The van der Waals surface area contributed by atoms with E-state index in [4.69, 9.17) is 12.2 Å². The van der Waals surface area contributed by atoms with Crippen molar-refractivity contribution in [3.05, 3.63) is 33.5 Å². The van der Waals surface area contributed by atoms with Crippen LogP contribution in [0.3, 0.4) is 0 Å². The normalized spacial score (nSPS) is 12.8. The third-order valence-corrected chi connectivity index (χ3v) is 3.90. The van der Waals surface area contributed by atoms with Crippen molar-refractivity contribution in [2.75, 3.05) is 0 Å². The van der Waals surface area contributed by atoms with Gasteiger partial charge in [0.1, 0.15) is 0 Å². The van der Waals surface area contributed by atoms with Crippen LogP contribution in [0.25, 0.3) is 11.4 Å². The van der Waals surface area contributed by atoms with Gasteiger partial charge < -0.3 is 4.57 Å². The zero-order chi connectivity index (χ0) is 15.6. The molecule has 21 heavy (non-hydrogen) atoms. The van der Waals surface area contributed by atoms with Gasteiger partial charge in [0.05, 0.1) is 5.56 Å². The molecular formula is C15H22N4OS. The highest BCUT2D eigenvalue weighted by atomic mass is 32.1. The van der Waals surface area contributed by atoms with Crippen molar-refractivity contribution in [1.82, 2.24) is 19.3 Å². The Morgan fingerprint density at radius 3 is 2.71 bits per heavy atom. The number of hydrogen-bond acceptors (Lipinski definition) is 3. The minimum atomic E-state index is -0.0224. The highest BCUT2D eigenvalue weighted by Crippen LogP contribution is 2.16. The summed E-state index contributed by atoms with van der Waals surface area (Å²) >= 11 is 5.28. The molecular weight excluding hydrogens is 284 g/mol. The fourth-order valence-electron chi connectivity index (χ4n) is 2.28. The van der Waals surface area contributed by atoms with Gasteiger partial charge in [-0.2, -0.15) is 5.10 Å². The van der Waals surface area contributed by atoms with Crippen molar-refractivity contribution < 1.29 is 0 Å². The van der Waals surface area contributed by atoms with Crippen molar-refractivity contribution in [2.45, 2.75) is 46.7 Å². The Balaban J connectivity index is 2.58. The van der Waals surface area contributed by atoms with E-state index in [0.717, 1.165) is 13.0 Å². The predicted octanol–water partition coefficient (Wildman–Crippen LogP) is 3.40. The van der Waals surface area contributed by atoms with E-state index in [1.54, 1.807) is 4.57 Å². The Kier molecular flexibility index (Phi) is 4.77. The Labute approximate surface area is 129 Å². The minimum absolute atomic E-state index is 0.0224. The number of H-pyrrole nitrogens is 1. The third-order valence-electron chi connectivity index (χ3n) is 3.59. The molecule has 0 aliphatic heterocycles. The van der Waals surface area contributed by atoms with Crippen LogP contribution >= 0.6 is 12.2 Å². The molecule has 1 N–H and O–H groups in total. The van der Waals surface area contributed by atoms with E-state index in [-0.39, 0.29) is 11.6 Å². The van der Waals surface area contributed by atoms with Gasteiger partial charge >= 0.3 is 0 Å². The number of aromatic amines is 1. The second kappa shape index (κ2) is 6.39. The molecule has 2 heterocycles. The Bertz CT molecular complexity index is 726. The summed E-state index contributed by atoms with van der Waals surface area (Å²) in [5.41, 5.74) is 0.566. The van der Waals surface area contributed by atoms with Crippen molar-refractivity contribution >= 4 is 12.2 Å². The van der Waals surface area contributed by atoms with Crippen LogP contribution in [-0.4, -0.2) is 19.3 Å². The molecule has 1 unspecified atom stereocenters. The van der Waals surface area contributed by atoms with E-state index in [9.17, 15) is 4.79 Å². The Morgan fingerprint density at radius 1 is 1.38 bits per heavy atom. The van der Waals surface area contributed by atoms with Crippen LogP contribution in [0.5, 0.6) is 0 Å². The molecule has 0 aromatic carbocycles. The van der Waals surface area contributed by atoms with E-state index < -0.39 is 0 Å². The van der Waals surface area contributed by atoms with E-state index in [0.29, 0.717) is 22.1 Å². The van der Waals surface area contributed by atoms with Crippen LogP contribution in [0.15, 0.2) is 23.1 Å². The number of aromatic nitrogens is 4. The fourth-order valence-corrected chi connectivity index (χ4v) is 2.49. The standard InChI is InChI=1S/C15H22N4OS/c1-5-11(4)18-8-6-7-12(14(18)20)13-16-17-15(21)19(13)9-10(2)3/h6-8,10-11H,5,9H2,1-4H3,(H,17,21). The largest absolute Gasteiger partial charge is 0.312 e. The van der Waals surface area contributed by atoms with Crippen molar-refractivity contribution in [3.63, 3.8) is 0 Å². The van der Waals surface area contributed by atoms with E-state index in [1.807, 2.05) is 29.8 Å². The molecule has 0 amide bonds. The quantitative estimate of drug-likeness (QED) is 0.861. The maximum Gasteiger partial charge on any atom is 0.261 e. The molecule has 0 fully saturated rings. The van der Waals surface area contributed by atoms with Gasteiger partial charge in [0.25, 0.3) is 5.56 Å². The lowest BCUT2D eigenvalue weighted by Gasteiger charge is -2.14. The van der Waals surface area contributed by atoms with Gasteiger partial charge in [-0.15, -0.1) is 0 Å². The van der Waals surface area contributed by atoms with Crippen LogP contribution in [0.1, 0.15) is 40.2 Å². The van der Waals surface area contributed by atoms with E-state index in [2.05, 4.69) is 31.0 Å². The molecule has 0 saturated carbocycles. The SMILES string of the molecule is CCC(C)n1cccc(-c2n[nH]c(=S)n2CC(C)C)c1=O. The molecule has 0 bridgehead atoms. The second-order valence-corrected chi connectivity index (χ2v) is 6.14. The van der Waals surface area contributed by atoms with Gasteiger partial charge in [0, 0.05) is 18.8 Å². The van der Waals surface area contributed by atoms with Gasteiger partial charge in [-0.1, -0.05) is 20.8 Å². The molecule has 2 rings (SSSR count). The average molecular weight is 306 g/mol. The molecule has 1 atom stereocenters. The Morgan fingerprint density at radius 2 is 2.10 bits per heavy atom. The molecule has 0 aliphatic rings. The predicted molar refractivity (Wildman–Crippen MR) is 86.9 cm³/mol. The zero-order valence-corrected chi connectivity index (χ0v) is 13.8. The maximum atomic E-state index is 12.7. The van der Waals surface area contributed by atoms with E-state index in [1.165, 1.54) is 0 Å². The van der Waals surface area contributed by atoms with Gasteiger partial charge in [-0.05, 0) is 43.6 Å². The van der Waals surface area contributed by atoms with Gasteiger partial charge in [-0.25, -0.2) is 0 Å². The van der Waals surface area contributed by atoms with E-state index >= 15 is 0 Å². The Hall–Kier alpha value is -1.69. The molecule has 6 heteroatoms. The van der Waals surface area contributed by atoms with Crippen LogP contribution in [-0.2, 0) is 6.54 Å². The molecule has 0 aliphatic carbocycles. The lowest BCUT2D eigenvalue weighted by atomic mass is 10.2. The topological polar surface area (TPSA) is 55.6 Å². The van der Waals surface area contributed by atoms with Crippen LogP contribution in [0.4, 0.5) is 0 Å². The van der Waals surface area contributed by atoms with Gasteiger partial charge in [0.2, 0.25) is 0 Å². The van der Waals surface area contributed by atoms with Crippen molar-refractivity contribution in [2.24, 2.45) is 5.92 Å². The summed E-state index contributed by atoms with van der Waals surface area (Å²) in [7, 11) is 0. The summed E-state index contributed by atoms with van der Waals surface area (Å²) in [6.07, 6.45) is 2.73. The maximum absolute atomic E-state index is 12.7. The smallest absolute Gasteiger partial charge is 0.261 e. The van der Waals surface area contributed by atoms with Crippen LogP contribution in [0, 0.1) is 10.7 Å². The summed E-state index contributed by atoms with van der Waals surface area (Å²) in [6.45, 7) is 9.07. The zero-order valence-electron chi connectivity index (χ0n) is 13.0. The summed E-state index contributed by atoms with van der Waals surface area (Å²) in [4.78, 5) is 12.7. The first kappa shape index (κ1) is 15.7. The van der Waals surface area contributed by atoms with Crippen molar-refractivity contribution in [1.29, 1.82) is 0 Å². The summed E-state index contributed by atoms with van der Waals surface area (Å²) in [6, 6.07) is 3.86. The molecule has 2 aromatic heterocycles. The lowest BCUT2D eigenvalue weighted by Crippen LogP contribution is -2.24. The highest BCUT2D eigenvalue weighted by Gasteiger charge is 2.15. The third kappa shape index (κ3) is 3.15. The van der Waals surface area contributed by atoms with Crippen molar-refractivity contribution in [3.8, 4) is 11.4 Å². The average Bonchev–Trinajstić information content (AvgIpc) is 2.79. The second-order valence-electron chi connectivity index (χ2n) is 5.75.